The summed E-state index contributed by atoms with van der Waals surface area (Å²) in [5.74, 6) is 0.495. The number of piperazine rings is 1. The summed E-state index contributed by atoms with van der Waals surface area (Å²) in [6.07, 6.45) is 0. The Hall–Kier alpha value is -2.73. The minimum atomic E-state index is -0.224. The van der Waals surface area contributed by atoms with E-state index in [1.165, 1.54) is 0 Å². The summed E-state index contributed by atoms with van der Waals surface area (Å²) in [5, 5.41) is 4.30. The van der Waals surface area contributed by atoms with Gasteiger partial charge in [0.2, 0.25) is 0 Å². The maximum Gasteiger partial charge on any atom is 0.262 e. The number of aryl methyl sites for hydroxylation is 1. The quantitative estimate of drug-likeness (QED) is 0.437. The molecule has 1 heterocycles. The lowest BCUT2D eigenvalue weighted by atomic mass is 10.1. The molecular weight excluding hydrogens is 469 g/mol. The van der Waals surface area contributed by atoms with Gasteiger partial charge in [-0.25, -0.2) is 0 Å². The van der Waals surface area contributed by atoms with E-state index in [1.807, 2.05) is 62.4 Å². The number of benzene rings is 3. The molecule has 0 atom stereocenters. The van der Waals surface area contributed by atoms with Crippen molar-refractivity contribution in [3.8, 4) is 5.75 Å². The molecule has 1 N–H and O–H groups in total. The molecule has 1 aliphatic heterocycles. The molecule has 7 heteroatoms. The van der Waals surface area contributed by atoms with Crippen LogP contribution in [-0.4, -0.2) is 43.6 Å². The highest BCUT2D eigenvalue weighted by Gasteiger charge is 2.20. The fraction of sp³-hybridized carbons (Fsp3) is 0.296. The van der Waals surface area contributed by atoms with Crippen molar-refractivity contribution in [3.05, 3.63) is 87.4 Å². The van der Waals surface area contributed by atoms with E-state index < -0.39 is 0 Å². The van der Waals surface area contributed by atoms with Crippen LogP contribution in [0.3, 0.4) is 0 Å². The predicted octanol–water partition coefficient (Wildman–Crippen LogP) is 5.95. The molecule has 1 fully saturated rings. The van der Waals surface area contributed by atoms with E-state index in [2.05, 4.69) is 21.2 Å². The Balaban J connectivity index is 1.29. The van der Waals surface area contributed by atoms with Crippen LogP contribution in [-0.2, 0) is 11.3 Å². The van der Waals surface area contributed by atoms with E-state index in [1.54, 1.807) is 6.07 Å². The van der Waals surface area contributed by atoms with Crippen molar-refractivity contribution in [2.75, 3.05) is 43.0 Å². The topological polar surface area (TPSA) is 44.8 Å². The van der Waals surface area contributed by atoms with Gasteiger partial charge in [0.25, 0.3) is 5.91 Å². The van der Waals surface area contributed by atoms with Crippen LogP contribution in [0.5, 0.6) is 5.75 Å². The molecule has 1 aliphatic rings. The molecule has 0 unspecified atom stereocenters. The van der Waals surface area contributed by atoms with E-state index in [0.717, 1.165) is 65.9 Å². The molecular formula is C27H29Cl2N3O2. The SMILES string of the molecule is Cc1cccc(OCC(=O)Nc2ccc(N3CCN(Cc4ccccc4Cl)CC3)c(Cl)c2)c1C. The first-order chi connectivity index (χ1) is 16.4. The predicted molar refractivity (Wildman–Crippen MR) is 140 cm³/mol. The zero-order chi connectivity index (χ0) is 24.1. The van der Waals surface area contributed by atoms with Crippen LogP contribution < -0.4 is 15.0 Å². The zero-order valence-electron chi connectivity index (χ0n) is 19.5. The third kappa shape index (κ3) is 6.03. The number of nitrogens with zero attached hydrogens (tertiary/aromatic N) is 2. The van der Waals surface area contributed by atoms with E-state index >= 15 is 0 Å². The van der Waals surface area contributed by atoms with Gasteiger partial charge in [0.15, 0.2) is 6.61 Å². The Kier molecular flexibility index (Phi) is 7.99. The molecule has 3 aromatic rings. The van der Waals surface area contributed by atoms with Crippen molar-refractivity contribution in [1.29, 1.82) is 0 Å². The van der Waals surface area contributed by atoms with Crippen LogP contribution in [0.25, 0.3) is 0 Å². The smallest absolute Gasteiger partial charge is 0.262 e. The van der Waals surface area contributed by atoms with Gasteiger partial charge in [-0.2, -0.15) is 0 Å². The number of hydrogen-bond donors (Lipinski definition) is 1. The Morgan fingerprint density at radius 2 is 1.71 bits per heavy atom. The number of ether oxygens (including phenoxy) is 1. The van der Waals surface area contributed by atoms with Crippen LogP contribution >= 0.6 is 23.2 Å². The average molecular weight is 498 g/mol. The molecule has 0 bridgehead atoms. The zero-order valence-corrected chi connectivity index (χ0v) is 21.0. The lowest BCUT2D eigenvalue weighted by Gasteiger charge is -2.36. The highest BCUT2D eigenvalue weighted by molar-refractivity contribution is 6.33. The van der Waals surface area contributed by atoms with E-state index in [9.17, 15) is 4.79 Å². The lowest BCUT2D eigenvalue weighted by Crippen LogP contribution is -2.46. The van der Waals surface area contributed by atoms with Gasteiger partial charge in [-0.05, 0) is 60.9 Å². The molecule has 0 saturated carbocycles. The molecule has 34 heavy (non-hydrogen) atoms. The van der Waals surface area contributed by atoms with E-state index in [4.69, 9.17) is 27.9 Å². The molecule has 0 aliphatic carbocycles. The number of carbonyl (C=O) groups is 1. The molecule has 0 radical (unpaired) electrons. The maximum atomic E-state index is 12.4. The monoisotopic (exact) mass is 497 g/mol. The lowest BCUT2D eigenvalue weighted by molar-refractivity contribution is -0.118. The van der Waals surface area contributed by atoms with Gasteiger partial charge in [0.1, 0.15) is 5.75 Å². The number of nitrogens with one attached hydrogen (secondary N) is 1. The number of rotatable bonds is 7. The Morgan fingerprint density at radius 1 is 0.941 bits per heavy atom. The standard InChI is InChI=1S/C27H29Cl2N3O2/c1-19-6-5-9-26(20(19)2)34-18-27(33)30-22-10-11-25(24(29)16-22)32-14-12-31(13-15-32)17-21-7-3-4-8-23(21)28/h3-11,16H,12-15,17-18H2,1-2H3,(H,30,33). The fourth-order valence-electron chi connectivity index (χ4n) is 4.08. The second kappa shape index (κ2) is 11.1. The summed E-state index contributed by atoms with van der Waals surface area (Å²) >= 11 is 12.9. The van der Waals surface area contributed by atoms with Crippen molar-refractivity contribution >= 4 is 40.5 Å². The first kappa shape index (κ1) is 24.4. The number of carbonyl (C=O) groups excluding carboxylic acids is 1. The normalized spacial score (nSPS) is 14.2. The second-order valence-corrected chi connectivity index (χ2v) is 9.37. The van der Waals surface area contributed by atoms with E-state index in [0.29, 0.717) is 10.7 Å². The third-order valence-electron chi connectivity index (χ3n) is 6.21. The third-order valence-corrected chi connectivity index (χ3v) is 6.88. The minimum Gasteiger partial charge on any atom is -0.483 e. The van der Waals surface area contributed by atoms with Crippen LogP contribution in [0.1, 0.15) is 16.7 Å². The van der Waals surface area contributed by atoms with Gasteiger partial charge >= 0.3 is 0 Å². The first-order valence-corrected chi connectivity index (χ1v) is 12.2. The van der Waals surface area contributed by atoms with Crippen LogP contribution in [0.4, 0.5) is 11.4 Å². The minimum absolute atomic E-state index is 0.0585. The Bertz CT molecular complexity index is 1160. The van der Waals surface area contributed by atoms with Gasteiger partial charge in [0, 0.05) is 43.4 Å². The molecule has 1 saturated heterocycles. The summed E-state index contributed by atoms with van der Waals surface area (Å²) < 4.78 is 5.69. The molecule has 3 aromatic carbocycles. The summed E-state index contributed by atoms with van der Waals surface area (Å²) in [5.41, 5.74) is 4.95. The van der Waals surface area contributed by atoms with Crippen LogP contribution in [0, 0.1) is 13.8 Å². The number of amides is 1. The molecule has 5 nitrogen and oxygen atoms in total. The Labute approximate surface area is 211 Å². The molecule has 0 spiro atoms. The molecule has 178 valence electrons. The van der Waals surface area contributed by atoms with Crippen molar-refractivity contribution in [1.82, 2.24) is 4.90 Å². The molecule has 4 rings (SSSR count). The first-order valence-electron chi connectivity index (χ1n) is 11.4. The van der Waals surface area contributed by atoms with Crippen LogP contribution in [0.2, 0.25) is 10.0 Å². The number of anilines is 2. The highest BCUT2D eigenvalue weighted by atomic mass is 35.5. The fourth-order valence-corrected chi connectivity index (χ4v) is 4.57. The average Bonchev–Trinajstić information content (AvgIpc) is 2.82. The summed E-state index contributed by atoms with van der Waals surface area (Å²) in [7, 11) is 0. The number of halogens is 2. The highest BCUT2D eigenvalue weighted by Crippen LogP contribution is 2.30. The van der Waals surface area contributed by atoms with Gasteiger partial charge < -0.3 is 15.0 Å². The van der Waals surface area contributed by atoms with Gasteiger partial charge in [0.05, 0.1) is 10.7 Å². The van der Waals surface area contributed by atoms with Crippen molar-refractivity contribution < 1.29 is 9.53 Å². The summed E-state index contributed by atoms with van der Waals surface area (Å²) in [6, 6.07) is 19.4. The van der Waals surface area contributed by atoms with Crippen molar-refractivity contribution in [3.63, 3.8) is 0 Å². The van der Waals surface area contributed by atoms with Crippen molar-refractivity contribution in [2.24, 2.45) is 0 Å². The molecule has 0 aromatic heterocycles. The van der Waals surface area contributed by atoms with E-state index in [-0.39, 0.29) is 12.5 Å². The van der Waals surface area contributed by atoms with Crippen LogP contribution in [0.15, 0.2) is 60.7 Å². The largest absolute Gasteiger partial charge is 0.483 e. The number of hydrogen-bond acceptors (Lipinski definition) is 4. The van der Waals surface area contributed by atoms with Gasteiger partial charge in [-0.1, -0.05) is 53.5 Å². The molecule has 1 amide bonds. The summed E-state index contributed by atoms with van der Waals surface area (Å²) in [6.45, 7) is 8.39. The van der Waals surface area contributed by atoms with Gasteiger partial charge in [-0.15, -0.1) is 0 Å². The Morgan fingerprint density at radius 3 is 2.44 bits per heavy atom. The maximum absolute atomic E-state index is 12.4. The summed E-state index contributed by atoms with van der Waals surface area (Å²) in [4.78, 5) is 17.1. The van der Waals surface area contributed by atoms with Gasteiger partial charge in [-0.3, -0.25) is 9.69 Å². The van der Waals surface area contributed by atoms with Crippen molar-refractivity contribution in [2.45, 2.75) is 20.4 Å². The second-order valence-electron chi connectivity index (χ2n) is 8.56.